The summed E-state index contributed by atoms with van der Waals surface area (Å²) < 4.78 is 0. The zero-order valence-electron chi connectivity index (χ0n) is 32.3. The van der Waals surface area contributed by atoms with Gasteiger partial charge < -0.3 is 4.90 Å². The van der Waals surface area contributed by atoms with Crippen LogP contribution in [-0.2, 0) is 27.1 Å². The summed E-state index contributed by atoms with van der Waals surface area (Å²) >= 11 is 0. The first-order chi connectivity index (χ1) is 23.6. The molecule has 4 aromatic carbocycles. The molecule has 1 nitrogen and oxygen atoms in total. The Bertz CT molecular complexity index is 1940. The molecule has 0 aromatic heterocycles. The molecule has 0 radical (unpaired) electrons. The van der Waals surface area contributed by atoms with Crippen LogP contribution in [0.1, 0.15) is 147 Å². The minimum Gasteiger partial charge on any atom is -0.310 e. The van der Waals surface area contributed by atoms with E-state index in [0.717, 1.165) is 17.8 Å². The average molecular weight is 662 g/mol. The van der Waals surface area contributed by atoms with Gasteiger partial charge in [-0.05, 0) is 172 Å². The van der Waals surface area contributed by atoms with E-state index in [2.05, 4.69) is 146 Å². The molecule has 50 heavy (non-hydrogen) atoms. The van der Waals surface area contributed by atoms with Crippen LogP contribution in [0.15, 0.2) is 78.9 Å². The molecule has 5 aliphatic carbocycles. The van der Waals surface area contributed by atoms with E-state index in [-0.39, 0.29) is 27.1 Å². The van der Waals surface area contributed by atoms with Crippen molar-refractivity contribution in [2.45, 2.75) is 141 Å². The number of nitrogens with zero attached hydrogens (tertiary/aromatic N) is 1. The molecule has 4 atom stereocenters. The topological polar surface area (TPSA) is 3.24 Å². The standard InChI is InChI=1S/C49H59N/c1-31-26-32-20-21-49(41(32)27-31)38-13-11-10-12-36(38)37-17-14-33(28-42(37)49)50(34-15-18-39-43(29-34)47(6,7)24-22-45(39,2)3)35-16-19-40-44(30-35)48(8,9)25-23-46(40,4)5/h10-19,28-32,41H,20-27H2,1-9H3. The maximum atomic E-state index is 2.66. The van der Waals surface area contributed by atoms with E-state index >= 15 is 0 Å². The SMILES string of the molecule is CC1CC2CCC3(c4ccccc4-c4ccc(N(c5ccc6c(c5)C(C)(C)CCC6(C)C)c5ccc6c(c5)C(C)(C)CCC6(C)C)cc43)C2C1. The molecule has 260 valence electrons. The lowest BCUT2D eigenvalue weighted by Gasteiger charge is -2.43. The van der Waals surface area contributed by atoms with E-state index < -0.39 is 0 Å². The van der Waals surface area contributed by atoms with Crippen LogP contribution < -0.4 is 4.90 Å². The van der Waals surface area contributed by atoms with E-state index in [1.165, 1.54) is 102 Å². The van der Waals surface area contributed by atoms with Crippen molar-refractivity contribution in [3.8, 4) is 11.1 Å². The fraction of sp³-hybridized carbons (Fsp3) is 0.510. The third-order valence-electron chi connectivity index (χ3n) is 15.1. The summed E-state index contributed by atoms with van der Waals surface area (Å²) in [5.41, 5.74) is 17.0. The summed E-state index contributed by atoms with van der Waals surface area (Å²) in [6.07, 6.45) is 10.3. The van der Waals surface area contributed by atoms with Gasteiger partial charge in [-0.2, -0.15) is 0 Å². The van der Waals surface area contributed by atoms with Crippen molar-refractivity contribution < 1.29 is 0 Å². The normalized spacial score (nSPS) is 28.8. The lowest BCUT2D eigenvalue weighted by Crippen LogP contribution is -2.34. The van der Waals surface area contributed by atoms with Crippen molar-refractivity contribution in [3.05, 3.63) is 112 Å². The van der Waals surface area contributed by atoms with Gasteiger partial charge in [0.25, 0.3) is 0 Å². The van der Waals surface area contributed by atoms with Gasteiger partial charge in [0.2, 0.25) is 0 Å². The van der Waals surface area contributed by atoms with Gasteiger partial charge in [0, 0.05) is 22.5 Å². The highest BCUT2D eigenvalue weighted by Crippen LogP contribution is 2.66. The third kappa shape index (κ3) is 4.56. The second-order valence-electron chi connectivity index (χ2n) is 20.1. The van der Waals surface area contributed by atoms with Gasteiger partial charge in [-0.15, -0.1) is 0 Å². The molecule has 0 aliphatic heterocycles. The fourth-order valence-corrected chi connectivity index (χ4v) is 12.0. The first-order valence-corrected chi connectivity index (χ1v) is 20.0. The smallest absolute Gasteiger partial charge is 0.0465 e. The summed E-state index contributed by atoms with van der Waals surface area (Å²) in [6, 6.07) is 32.1. The summed E-state index contributed by atoms with van der Waals surface area (Å²) in [5, 5.41) is 0. The van der Waals surface area contributed by atoms with E-state index in [1.807, 2.05) is 0 Å². The van der Waals surface area contributed by atoms with Gasteiger partial charge >= 0.3 is 0 Å². The van der Waals surface area contributed by atoms with Gasteiger partial charge in [-0.1, -0.05) is 105 Å². The highest BCUT2D eigenvalue weighted by molar-refractivity contribution is 5.86. The highest BCUT2D eigenvalue weighted by atomic mass is 15.1. The lowest BCUT2D eigenvalue weighted by molar-refractivity contribution is 0.332. The summed E-state index contributed by atoms with van der Waals surface area (Å²) in [4.78, 5) is 2.64. The van der Waals surface area contributed by atoms with Crippen molar-refractivity contribution in [1.29, 1.82) is 0 Å². The number of hydrogen-bond acceptors (Lipinski definition) is 1. The van der Waals surface area contributed by atoms with Crippen LogP contribution >= 0.6 is 0 Å². The number of anilines is 3. The first kappa shape index (κ1) is 32.6. The van der Waals surface area contributed by atoms with Crippen LogP contribution in [0.4, 0.5) is 17.1 Å². The fourth-order valence-electron chi connectivity index (χ4n) is 12.0. The predicted molar refractivity (Wildman–Crippen MR) is 213 cm³/mol. The molecule has 2 fully saturated rings. The summed E-state index contributed by atoms with van der Waals surface area (Å²) in [7, 11) is 0. The second kappa shape index (κ2) is 10.6. The zero-order valence-corrected chi connectivity index (χ0v) is 32.3. The number of fused-ring (bicyclic) bond motifs is 9. The maximum Gasteiger partial charge on any atom is 0.0465 e. The average Bonchev–Trinajstić information content (AvgIpc) is 3.72. The van der Waals surface area contributed by atoms with Crippen LogP contribution in [0.25, 0.3) is 11.1 Å². The Kier molecular flexibility index (Phi) is 6.92. The van der Waals surface area contributed by atoms with Crippen LogP contribution in [-0.4, -0.2) is 0 Å². The molecule has 4 aromatic rings. The van der Waals surface area contributed by atoms with Crippen LogP contribution in [0.5, 0.6) is 0 Å². The van der Waals surface area contributed by atoms with Crippen molar-refractivity contribution >= 4 is 17.1 Å². The monoisotopic (exact) mass is 661 g/mol. The molecule has 2 saturated carbocycles. The zero-order chi connectivity index (χ0) is 35.0. The van der Waals surface area contributed by atoms with Crippen LogP contribution in [0, 0.1) is 17.8 Å². The van der Waals surface area contributed by atoms with Gasteiger partial charge in [-0.3, -0.25) is 0 Å². The Balaban J connectivity index is 1.27. The van der Waals surface area contributed by atoms with Gasteiger partial charge in [-0.25, -0.2) is 0 Å². The molecule has 4 unspecified atom stereocenters. The number of benzene rings is 4. The number of rotatable bonds is 3. The molecule has 1 spiro atoms. The van der Waals surface area contributed by atoms with Crippen molar-refractivity contribution in [1.82, 2.24) is 0 Å². The molecule has 0 N–H and O–H groups in total. The Morgan fingerprint density at radius 1 is 0.480 bits per heavy atom. The molecule has 0 heterocycles. The van der Waals surface area contributed by atoms with Crippen molar-refractivity contribution in [2.24, 2.45) is 17.8 Å². The van der Waals surface area contributed by atoms with Crippen molar-refractivity contribution in [3.63, 3.8) is 0 Å². The molecule has 5 aliphatic rings. The summed E-state index contributed by atoms with van der Waals surface area (Å²) in [5.74, 6) is 2.41. The van der Waals surface area contributed by atoms with E-state index in [1.54, 1.807) is 11.1 Å². The first-order valence-electron chi connectivity index (χ1n) is 20.0. The van der Waals surface area contributed by atoms with Gasteiger partial charge in [0.05, 0.1) is 0 Å². The Morgan fingerprint density at radius 3 is 1.54 bits per heavy atom. The van der Waals surface area contributed by atoms with Crippen molar-refractivity contribution in [2.75, 3.05) is 4.90 Å². The lowest BCUT2D eigenvalue weighted by atomic mass is 9.63. The highest BCUT2D eigenvalue weighted by Gasteiger charge is 2.57. The Morgan fingerprint density at radius 2 is 0.960 bits per heavy atom. The van der Waals surface area contributed by atoms with Crippen LogP contribution in [0.3, 0.4) is 0 Å². The van der Waals surface area contributed by atoms with E-state index in [0.29, 0.717) is 0 Å². The molecular weight excluding hydrogens is 603 g/mol. The van der Waals surface area contributed by atoms with E-state index in [4.69, 9.17) is 0 Å². The molecule has 1 heteroatoms. The third-order valence-corrected chi connectivity index (χ3v) is 15.1. The Labute approximate surface area is 302 Å². The molecule has 0 bridgehead atoms. The van der Waals surface area contributed by atoms with Gasteiger partial charge in [0.1, 0.15) is 0 Å². The predicted octanol–water partition coefficient (Wildman–Crippen LogP) is 13.6. The quantitative estimate of drug-likeness (QED) is 0.211. The van der Waals surface area contributed by atoms with E-state index in [9.17, 15) is 0 Å². The molecule has 9 rings (SSSR count). The minimum absolute atomic E-state index is 0.132. The largest absolute Gasteiger partial charge is 0.310 e. The minimum atomic E-state index is 0.132. The second-order valence-corrected chi connectivity index (χ2v) is 20.1. The summed E-state index contributed by atoms with van der Waals surface area (Å²) in [6.45, 7) is 22.2. The number of hydrogen-bond donors (Lipinski definition) is 0. The molecular formula is C49H59N. The van der Waals surface area contributed by atoms with Gasteiger partial charge in [0.15, 0.2) is 0 Å². The maximum absolute atomic E-state index is 2.66. The van der Waals surface area contributed by atoms with Crippen LogP contribution in [0.2, 0.25) is 0 Å². The molecule has 0 amide bonds. The molecule has 0 saturated heterocycles. The Hall–Kier alpha value is -3.32.